The number of carbonyl (C=O) groups is 1. The molecule has 0 aliphatic carbocycles. The van der Waals surface area contributed by atoms with Crippen LogP contribution in [0.15, 0.2) is 28.7 Å². The molecule has 2 aromatic rings. The molecule has 1 heterocycles. The van der Waals surface area contributed by atoms with Crippen LogP contribution < -0.4 is 10.1 Å². The predicted octanol–water partition coefficient (Wildman–Crippen LogP) is 3.40. The second-order valence-electron chi connectivity index (χ2n) is 4.82. The second kappa shape index (κ2) is 6.57. The lowest BCUT2D eigenvalue weighted by Crippen LogP contribution is -2.28. The highest BCUT2D eigenvalue weighted by atomic mass is 16.5. The maximum absolute atomic E-state index is 11.6. The van der Waals surface area contributed by atoms with Crippen LogP contribution >= 0.6 is 0 Å². The molecule has 4 heteroatoms. The van der Waals surface area contributed by atoms with Crippen molar-refractivity contribution in [3.63, 3.8) is 0 Å². The van der Waals surface area contributed by atoms with Gasteiger partial charge in [-0.2, -0.15) is 0 Å². The van der Waals surface area contributed by atoms with Gasteiger partial charge in [0.25, 0.3) is 0 Å². The van der Waals surface area contributed by atoms with Crippen molar-refractivity contribution in [2.75, 3.05) is 13.1 Å². The zero-order chi connectivity index (χ0) is 14.5. The number of fused-ring (bicyclic) bond motifs is 1. The fourth-order valence-corrected chi connectivity index (χ4v) is 2.02. The highest BCUT2D eigenvalue weighted by Crippen LogP contribution is 2.25. The first kappa shape index (κ1) is 14.6. The van der Waals surface area contributed by atoms with Crippen molar-refractivity contribution in [2.45, 2.75) is 33.3 Å². The average molecular weight is 275 g/mol. The van der Waals surface area contributed by atoms with Crippen LogP contribution in [0.4, 0.5) is 0 Å². The number of hydrogen-bond donors (Lipinski definition) is 1. The minimum Gasteiger partial charge on any atom is -0.489 e. The minimum atomic E-state index is 0.0178. The number of Topliss-reactive ketones (excluding diaryl/α,β-unsaturated/α-hetero) is 1. The Balaban J connectivity index is 2.14. The maximum atomic E-state index is 11.6. The van der Waals surface area contributed by atoms with Crippen molar-refractivity contribution in [2.24, 2.45) is 0 Å². The normalized spacial score (nSPS) is 12.6. The quantitative estimate of drug-likeness (QED) is 0.787. The fourth-order valence-electron chi connectivity index (χ4n) is 2.02. The number of carbonyl (C=O) groups excluding carboxylic acids is 1. The van der Waals surface area contributed by atoms with E-state index in [-0.39, 0.29) is 11.9 Å². The molecule has 0 radical (unpaired) electrons. The molecule has 0 fully saturated rings. The van der Waals surface area contributed by atoms with Gasteiger partial charge < -0.3 is 14.5 Å². The molecule has 1 N–H and O–H groups in total. The first-order valence-corrected chi connectivity index (χ1v) is 7.08. The van der Waals surface area contributed by atoms with Gasteiger partial charge in [-0.25, -0.2) is 0 Å². The number of rotatable bonds is 7. The summed E-state index contributed by atoms with van der Waals surface area (Å²) in [5.41, 5.74) is 0.690. The van der Waals surface area contributed by atoms with Crippen LogP contribution in [0.1, 0.15) is 37.7 Å². The highest BCUT2D eigenvalue weighted by molar-refractivity contribution is 5.97. The van der Waals surface area contributed by atoms with Crippen LogP contribution in [-0.2, 0) is 0 Å². The third-order valence-corrected chi connectivity index (χ3v) is 3.11. The van der Waals surface area contributed by atoms with Gasteiger partial charge in [0, 0.05) is 24.4 Å². The van der Waals surface area contributed by atoms with Gasteiger partial charge in [0.05, 0.1) is 0 Å². The van der Waals surface area contributed by atoms with Crippen molar-refractivity contribution in [3.05, 3.63) is 30.0 Å². The molecular formula is C16H21NO3. The second-order valence-corrected chi connectivity index (χ2v) is 4.82. The molecule has 1 aromatic carbocycles. The Hall–Kier alpha value is -1.81. The Morgan fingerprint density at radius 1 is 1.35 bits per heavy atom. The Morgan fingerprint density at radius 3 is 2.85 bits per heavy atom. The monoisotopic (exact) mass is 275 g/mol. The molecule has 1 atom stereocenters. The van der Waals surface area contributed by atoms with E-state index in [1.807, 2.05) is 32.0 Å². The van der Waals surface area contributed by atoms with E-state index in [2.05, 4.69) is 12.2 Å². The van der Waals surface area contributed by atoms with Gasteiger partial charge in [-0.1, -0.05) is 13.8 Å². The van der Waals surface area contributed by atoms with Gasteiger partial charge in [-0.05, 0) is 31.7 Å². The van der Waals surface area contributed by atoms with Crippen LogP contribution in [0.5, 0.6) is 5.75 Å². The SMILES string of the molecule is CCNC[C@@H](C)Oc1ccc2cc(C(=O)CC)oc2c1. The summed E-state index contributed by atoms with van der Waals surface area (Å²) >= 11 is 0. The van der Waals surface area contributed by atoms with Crippen LogP contribution in [0.25, 0.3) is 11.0 Å². The highest BCUT2D eigenvalue weighted by Gasteiger charge is 2.11. The van der Waals surface area contributed by atoms with E-state index >= 15 is 0 Å². The van der Waals surface area contributed by atoms with E-state index < -0.39 is 0 Å². The van der Waals surface area contributed by atoms with E-state index in [0.717, 1.165) is 24.2 Å². The van der Waals surface area contributed by atoms with Gasteiger partial charge in [0.2, 0.25) is 0 Å². The summed E-state index contributed by atoms with van der Waals surface area (Å²) in [5, 5.41) is 4.16. The summed E-state index contributed by atoms with van der Waals surface area (Å²) in [6.07, 6.45) is 0.530. The molecule has 2 rings (SSSR count). The van der Waals surface area contributed by atoms with Crippen LogP contribution in [-0.4, -0.2) is 25.0 Å². The van der Waals surface area contributed by atoms with Crippen LogP contribution in [0.2, 0.25) is 0 Å². The molecule has 0 spiro atoms. The third-order valence-electron chi connectivity index (χ3n) is 3.11. The summed E-state index contributed by atoms with van der Waals surface area (Å²) in [6, 6.07) is 7.44. The molecule has 108 valence electrons. The largest absolute Gasteiger partial charge is 0.489 e. The molecule has 1 aromatic heterocycles. The average Bonchev–Trinajstić information content (AvgIpc) is 2.87. The standard InChI is InChI=1S/C16H21NO3/c1-4-14(18)16-8-12-6-7-13(9-15(12)20-16)19-11(3)10-17-5-2/h6-9,11,17H,4-5,10H2,1-3H3/t11-/m1/s1. The molecular weight excluding hydrogens is 254 g/mol. The lowest BCUT2D eigenvalue weighted by molar-refractivity contribution is 0.0963. The predicted molar refractivity (Wildman–Crippen MR) is 79.5 cm³/mol. The van der Waals surface area contributed by atoms with E-state index in [4.69, 9.17) is 9.15 Å². The topological polar surface area (TPSA) is 51.5 Å². The van der Waals surface area contributed by atoms with Crippen molar-refractivity contribution in [1.82, 2.24) is 5.32 Å². The first-order chi connectivity index (χ1) is 9.63. The van der Waals surface area contributed by atoms with E-state index in [1.54, 1.807) is 6.07 Å². The number of likely N-dealkylation sites (N-methyl/N-ethyl adjacent to an activating group) is 1. The number of ether oxygens (including phenoxy) is 1. The molecule has 0 saturated heterocycles. The third kappa shape index (κ3) is 3.39. The van der Waals surface area contributed by atoms with Gasteiger partial charge >= 0.3 is 0 Å². The summed E-state index contributed by atoms with van der Waals surface area (Å²) in [7, 11) is 0. The number of hydrogen-bond acceptors (Lipinski definition) is 4. The molecule has 0 bridgehead atoms. The number of ketones is 1. The molecule has 0 unspecified atom stereocenters. The van der Waals surface area contributed by atoms with Crippen molar-refractivity contribution in [1.29, 1.82) is 0 Å². The summed E-state index contributed by atoms with van der Waals surface area (Å²) in [4.78, 5) is 11.6. The molecule has 0 saturated carbocycles. The maximum Gasteiger partial charge on any atom is 0.197 e. The molecule has 0 amide bonds. The zero-order valence-corrected chi connectivity index (χ0v) is 12.2. The molecule has 20 heavy (non-hydrogen) atoms. The Morgan fingerprint density at radius 2 is 2.15 bits per heavy atom. The van der Waals surface area contributed by atoms with Crippen molar-refractivity contribution >= 4 is 16.8 Å². The van der Waals surface area contributed by atoms with E-state index in [1.165, 1.54) is 0 Å². The lowest BCUT2D eigenvalue weighted by Gasteiger charge is -2.14. The number of furan rings is 1. The summed E-state index contributed by atoms with van der Waals surface area (Å²) in [6.45, 7) is 7.63. The van der Waals surface area contributed by atoms with E-state index in [9.17, 15) is 4.79 Å². The smallest absolute Gasteiger partial charge is 0.197 e. The molecule has 0 aliphatic heterocycles. The number of benzene rings is 1. The Bertz CT molecular complexity index is 588. The fraction of sp³-hybridized carbons (Fsp3) is 0.438. The first-order valence-electron chi connectivity index (χ1n) is 7.08. The van der Waals surface area contributed by atoms with Crippen LogP contribution in [0, 0.1) is 0 Å². The number of nitrogens with one attached hydrogen (secondary N) is 1. The van der Waals surface area contributed by atoms with Crippen molar-refractivity contribution in [3.8, 4) is 5.75 Å². The molecule has 4 nitrogen and oxygen atoms in total. The van der Waals surface area contributed by atoms with Gasteiger partial charge in [0.15, 0.2) is 11.5 Å². The summed E-state index contributed by atoms with van der Waals surface area (Å²) < 4.78 is 11.4. The van der Waals surface area contributed by atoms with E-state index in [0.29, 0.717) is 17.8 Å². The lowest BCUT2D eigenvalue weighted by atomic mass is 10.2. The van der Waals surface area contributed by atoms with Gasteiger partial charge in [0.1, 0.15) is 17.4 Å². The van der Waals surface area contributed by atoms with Crippen LogP contribution in [0.3, 0.4) is 0 Å². The van der Waals surface area contributed by atoms with Gasteiger partial charge in [-0.15, -0.1) is 0 Å². The molecule has 0 aliphatic rings. The zero-order valence-electron chi connectivity index (χ0n) is 12.2. The van der Waals surface area contributed by atoms with Crippen molar-refractivity contribution < 1.29 is 13.9 Å². The van der Waals surface area contributed by atoms with Gasteiger partial charge in [-0.3, -0.25) is 4.79 Å². The summed E-state index contributed by atoms with van der Waals surface area (Å²) in [5.74, 6) is 1.19. The minimum absolute atomic E-state index is 0.0178. The Kier molecular flexibility index (Phi) is 4.79. The Labute approximate surface area is 119 Å².